The van der Waals surface area contributed by atoms with Crippen molar-refractivity contribution in [2.75, 3.05) is 5.75 Å². The number of thioether (sulfide) groups is 1. The highest BCUT2D eigenvalue weighted by Gasteiger charge is 2.40. The van der Waals surface area contributed by atoms with Crippen LogP contribution in [0.5, 0.6) is 0 Å². The molecule has 1 saturated heterocycles. The van der Waals surface area contributed by atoms with Gasteiger partial charge < -0.3 is 10.6 Å². The molecule has 1 heterocycles. The Balaban J connectivity index is 1.81. The van der Waals surface area contributed by atoms with Crippen molar-refractivity contribution in [2.45, 2.75) is 31.2 Å². The lowest BCUT2D eigenvalue weighted by molar-refractivity contribution is -0.134. The van der Waals surface area contributed by atoms with Crippen LogP contribution >= 0.6 is 11.8 Å². The molecular weight excluding hydrogens is 288 g/mol. The van der Waals surface area contributed by atoms with Crippen molar-refractivity contribution < 1.29 is 14.4 Å². The Morgan fingerprint density at radius 3 is 2.62 bits per heavy atom. The zero-order valence-corrected chi connectivity index (χ0v) is 12.6. The molecule has 0 bridgehead atoms. The zero-order chi connectivity index (χ0) is 15.2. The van der Waals surface area contributed by atoms with Crippen LogP contribution < -0.4 is 10.6 Å². The predicted octanol–water partition coefficient (Wildman–Crippen LogP) is 0.882. The van der Waals surface area contributed by atoms with Gasteiger partial charge in [0, 0.05) is 6.42 Å². The van der Waals surface area contributed by atoms with E-state index in [1.165, 1.54) is 11.8 Å². The van der Waals surface area contributed by atoms with Crippen LogP contribution in [0.25, 0.3) is 0 Å². The van der Waals surface area contributed by atoms with Gasteiger partial charge in [0.2, 0.25) is 11.8 Å². The van der Waals surface area contributed by atoms with Gasteiger partial charge >= 0.3 is 0 Å². The SMILES string of the molecule is CCC(=O)CS[C@H]1NC(=O)[C@H]1NC(=O)Cc1ccccc1. The zero-order valence-electron chi connectivity index (χ0n) is 11.8. The third-order valence-electron chi connectivity index (χ3n) is 3.21. The van der Waals surface area contributed by atoms with Crippen LogP contribution in [-0.4, -0.2) is 34.8 Å². The van der Waals surface area contributed by atoms with Gasteiger partial charge in [-0.3, -0.25) is 14.4 Å². The van der Waals surface area contributed by atoms with E-state index in [4.69, 9.17) is 0 Å². The molecule has 0 radical (unpaired) electrons. The van der Waals surface area contributed by atoms with E-state index in [0.717, 1.165) is 5.56 Å². The van der Waals surface area contributed by atoms with E-state index in [0.29, 0.717) is 12.2 Å². The number of hydrogen-bond donors (Lipinski definition) is 2. The lowest BCUT2D eigenvalue weighted by atomic mass is 10.1. The average Bonchev–Trinajstić information content (AvgIpc) is 2.49. The van der Waals surface area contributed by atoms with E-state index in [-0.39, 0.29) is 29.4 Å². The summed E-state index contributed by atoms with van der Waals surface area (Å²) in [7, 11) is 0. The summed E-state index contributed by atoms with van der Waals surface area (Å²) in [4.78, 5) is 34.7. The Kier molecular flexibility index (Phi) is 5.38. The van der Waals surface area contributed by atoms with E-state index in [1.807, 2.05) is 30.3 Å². The van der Waals surface area contributed by atoms with E-state index in [9.17, 15) is 14.4 Å². The minimum absolute atomic E-state index is 0.135. The maximum atomic E-state index is 11.9. The summed E-state index contributed by atoms with van der Waals surface area (Å²) in [6.07, 6.45) is 0.731. The number of β-lactam (4-membered cyclic amide) rings is 1. The van der Waals surface area contributed by atoms with Crippen molar-refractivity contribution in [3.8, 4) is 0 Å². The number of ketones is 1. The lowest BCUT2D eigenvalue weighted by Crippen LogP contribution is -2.68. The average molecular weight is 306 g/mol. The molecular formula is C15H18N2O3S. The largest absolute Gasteiger partial charge is 0.341 e. The van der Waals surface area contributed by atoms with Gasteiger partial charge in [-0.1, -0.05) is 37.3 Å². The molecule has 0 aromatic heterocycles. The number of amides is 2. The first-order valence-corrected chi connectivity index (χ1v) is 7.92. The molecule has 2 N–H and O–H groups in total. The van der Waals surface area contributed by atoms with Crippen LogP contribution in [0, 0.1) is 0 Å². The highest BCUT2D eigenvalue weighted by atomic mass is 32.2. The second-order valence-electron chi connectivity index (χ2n) is 4.84. The van der Waals surface area contributed by atoms with Crippen LogP contribution in [0.3, 0.4) is 0 Å². The smallest absolute Gasteiger partial charge is 0.246 e. The molecule has 2 amide bonds. The van der Waals surface area contributed by atoms with E-state index in [1.54, 1.807) is 6.92 Å². The Morgan fingerprint density at radius 2 is 2.00 bits per heavy atom. The summed E-state index contributed by atoms with van der Waals surface area (Å²) in [5.41, 5.74) is 0.903. The van der Waals surface area contributed by atoms with Gasteiger partial charge in [-0.15, -0.1) is 11.8 Å². The molecule has 1 aromatic carbocycles. The van der Waals surface area contributed by atoms with Crippen molar-refractivity contribution in [1.82, 2.24) is 10.6 Å². The van der Waals surface area contributed by atoms with Crippen molar-refractivity contribution in [3.05, 3.63) is 35.9 Å². The lowest BCUT2D eigenvalue weighted by Gasteiger charge is -2.36. The highest BCUT2D eigenvalue weighted by Crippen LogP contribution is 2.20. The molecule has 112 valence electrons. The molecule has 1 aliphatic heterocycles. The van der Waals surface area contributed by atoms with Crippen molar-refractivity contribution in [3.63, 3.8) is 0 Å². The first-order chi connectivity index (χ1) is 10.1. The van der Waals surface area contributed by atoms with Gasteiger partial charge in [0.1, 0.15) is 17.2 Å². The van der Waals surface area contributed by atoms with Crippen LogP contribution in [-0.2, 0) is 20.8 Å². The van der Waals surface area contributed by atoms with Gasteiger partial charge in [-0.25, -0.2) is 0 Å². The quantitative estimate of drug-likeness (QED) is 0.733. The fraction of sp³-hybridized carbons (Fsp3) is 0.400. The summed E-state index contributed by atoms with van der Waals surface area (Å²) < 4.78 is 0. The topological polar surface area (TPSA) is 75.3 Å². The molecule has 1 fully saturated rings. The number of carbonyl (C=O) groups is 3. The second kappa shape index (κ2) is 7.26. The molecule has 0 saturated carbocycles. The minimum Gasteiger partial charge on any atom is -0.341 e. The fourth-order valence-corrected chi connectivity index (χ4v) is 3.08. The highest BCUT2D eigenvalue weighted by molar-refractivity contribution is 8.00. The predicted molar refractivity (Wildman–Crippen MR) is 81.8 cm³/mol. The monoisotopic (exact) mass is 306 g/mol. The Morgan fingerprint density at radius 1 is 1.29 bits per heavy atom. The standard InChI is InChI=1S/C15H18N2O3S/c1-2-11(18)9-21-15-13(14(20)17-15)16-12(19)8-10-6-4-3-5-7-10/h3-7,13,15H,2,8-9H2,1H3,(H,16,19)(H,17,20)/t13-,15-/m1/s1. The molecule has 6 heteroatoms. The van der Waals surface area contributed by atoms with Gasteiger partial charge in [0.15, 0.2) is 0 Å². The van der Waals surface area contributed by atoms with Gasteiger partial charge in [-0.2, -0.15) is 0 Å². The Labute approximate surface area is 127 Å². The van der Waals surface area contributed by atoms with Crippen molar-refractivity contribution in [1.29, 1.82) is 0 Å². The van der Waals surface area contributed by atoms with Crippen LogP contribution in [0.1, 0.15) is 18.9 Å². The number of benzene rings is 1. The number of rotatable bonds is 7. The number of carbonyl (C=O) groups excluding carboxylic acids is 3. The van der Waals surface area contributed by atoms with E-state index >= 15 is 0 Å². The normalized spacial score (nSPS) is 20.3. The molecule has 0 aliphatic carbocycles. The molecule has 1 aliphatic rings. The summed E-state index contributed by atoms with van der Waals surface area (Å²) in [6, 6.07) is 8.81. The molecule has 2 rings (SSSR count). The van der Waals surface area contributed by atoms with Gasteiger partial charge in [-0.05, 0) is 5.56 Å². The summed E-state index contributed by atoms with van der Waals surface area (Å²) >= 11 is 1.36. The van der Waals surface area contributed by atoms with E-state index < -0.39 is 6.04 Å². The molecule has 2 atom stereocenters. The fourth-order valence-electron chi connectivity index (χ4n) is 1.92. The van der Waals surface area contributed by atoms with Gasteiger partial charge in [0.05, 0.1) is 12.2 Å². The first-order valence-electron chi connectivity index (χ1n) is 6.87. The summed E-state index contributed by atoms with van der Waals surface area (Å²) in [5.74, 6) is 0.105. The summed E-state index contributed by atoms with van der Waals surface area (Å²) in [6.45, 7) is 1.81. The van der Waals surface area contributed by atoms with Crippen molar-refractivity contribution in [2.24, 2.45) is 0 Å². The Hall–Kier alpha value is -1.82. The van der Waals surface area contributed by atoms with E-state index in [2.05, 4.69) is 10.6 Å². The number of nitrogens with one attached hydrogen (secondary N) is 2. The van der Waals surface area contributed by atoms with Crippen LogP contribution in [0.2, 0.25) is 0 Å². The third kappa shape index (κ3) is 4.32. The molecule has 0 unspecified atom stereocenters. The minimum atomic E-state index is -0.545. The number of Topliss-reactive ketones (excluding diaryl/α,β-unsaturated/α-hetero) is 1. The van der Waals surface area contributed by atoms with Crippen LogP contribution in [0.15, 0.2) is 30.3 Å². The van der Waals surface area contributed by atoms with Crippen LogP contribution in [0.4, 0.5) is 0 Å². The molecule has 21 heavy (non-hydrogen) atoms. The third-order valence-corrected chi connectivity index (χ3v) is 4.45. The second-order valence-corrected chi connectivity index (χ2v) is 5.97. The van der Waals surface area contributed by atoms with Gasteiger partial charge in [0.25, 0.3) is 0 Å². The molecule has 0 spiro atoms. The Bertz CT molecular complexity index is 533. The summed E-state index contributed by atoms with van der Waals surface area (Å²) in [5, 5.41) is 5.21. The first kappa shape index (κ1) is 15.6. The van der Waals surface area contributed by atoms with Crippen molar-refractivity contribution >= 4 is 29.4 Å². The number of hydrogen-bond acceptors (Lipinski definition) is 4. The maximum absolute atomic E-state index is 11.9. The molecule has 1 aromatic rings. The maximum Gasteiger partial charge on any atom is 0.246 e. The molecule has 5 nitrogen and oxygen atoms in total.